The van der Waals surface area contributed by atoms with Gasteiger partial charge in [0.1, 0.15) is 0 Å². The minimum Gasteiger partial charge on any atom is -0.372 e. The number of nitrogens with one attached hydrogen (secondary N) is 2. The molecule has 0 spiro atoms. The molecule has 0 unspecified atom stereocenters. The van der Waals surface area contributed by atoms with E-state index >= 15 is 0 Å². The van der Waals surface area contributed by atoms with Crippen molar-refractivity contribution in [1.29, 1.82) is 0 Å². The molecule has 2 aromatic carbocycles. The molecule has 2 aromatic rings. The van der Waals surface area contributed by atoms with Gasteiger partial charge in [-0.25, -0.2) is 0 Å². The Kier molecular flexibility index (Phi) is 7.28. The molecule has 0 radical (unpaired) electrons. The third-order valence-electron chi connectivity index (χ3n) is 5.45. The van der Waals surface area contributed by atoms with E-state index in [1.54, 1.807) is 0 Å². The third kappa shape index (κ3) is 6.08. The normalized spacial score (nSPS) is 14.2. The van der Waals surface area contributed by atoms with E-state index in [4.69, 9.17) is 0 Å². The van der Waals surface area contributed by atoms with E-state index in [1.807, 2.05) is 32.0 Å². The number of hydrogen-bond acceptors (Lipinski definition) is 3. The van der Waals surface area contributed by atoms with Crippen LogP contribution < -0.4 is 15.5 Å². The molecule has 29 heavy (non-hydrogen) atoms. The first-order valence-electron chi connectivity index (χ1n) is 10.5. The summed E-state index contributed by atoms with van der Waals surface area (Å²) in [4.78, 5) is 26.7. The number of aryl methyl sites for hydroxylation is 2. The van der Waals surface area contributed by atoms with E-state index in [-0.39, 0.29) is 0 Å². The first kappa shape index (κ1) is 20.9. The predicted octanol–water partition coefficient (Wildman–Crippen LogP) is 3.98. The van der Waals surface area contributed by atoms with Crippen LogP contribution in [0.2, 0.25) is 0 Å². The fourth-order valence-electron chi connectivity index (χ4n) is 3.65. The number of carbonyl (C=O) groups excluding carboxylic acids is 2. The van der Waals surface area contributed by atoms with Gasteiger partial charge >= 0.3 is 11.8 Å². The van der Waals surface area contributed by atoms with Crippen molar-refractivity contribution in [2.75, 3.05) is 29.9 Å². The first-order chi connectivity index (χ1) is 14.0. The minimum absolute atomic E-state index is 0.433. The summed E-state index contributed by atoms with van der Waals surface area (Å²) in [6.45, 7) is 6.55. The highest BCUT2D eigenvalue weighted by Gasteiger charge is 2.14. The highest BCUT2D eigenvalue weighted by Crippen LogP contribution is 2.20. The largest absolute Gasteiger partial charge is 0.372 e. The van der Waals surface area contributed by atoms with Crippen LogP contribution in [-0.2, 0) is 16.0 Å². The summed E-state index contributed by atoms with van der Waals surface area (Å²) in [5.41, 5.74) is 5.07. The van der Waals surface area contributed by atoms with Crippen molar-refractivity contribution in [2.24, 2.45) is 0 Å². The lowest BCUT2D eigenvalue weighted by Crippen LogP contribution is -2.36. The van der Waals surface area contributed by atoms with Crippen molar-refractivity contribution in [3.63, 3.8) is 0 Å². The second-order valence-corrected chi connectivity index (χ2v) is 7.85. The average molecular weight is 394 g/mol. The number of carbonyl (C=O) groups is 2. The summed E-state index contributed by atoms with van der Waals surface area (Å²) in [7, 11) is 0. The molecule has 0 atom stereocenters. The second-order valence-electron chi connectivity index (χ2n) is 7.85. The van der Waals surface area contributed by atoms with Gasteiger partial charge in [-0.15, -0.1) is 0 Å². The van der Waals surface area contributed by atoms with E-state index in [0.29, 0.717) is 18.7 Å². The van der Waals surface area contributed by atoms with Gasteiger partial charge in [0.15, 0.2) is 0 Å². The van der Waals surface area contributed by atoms with E-state index in [1.165, 1.54) is 31.4 Å². The van der Waals surface area contributed by atoms with Crippen LogP contribution in [0.15, 0.2) is 42.5 Å². The third-order valence-corrected chi connectivity index (χ3v) is 5.45. The standard InChI is InChI=1S/C24H31N3O2/c1-18-7-8-19(2)22(17-18)26-24(29)23(28)25-14-13-20-9-11-21(12-10-20)27-15-5-3-4-6-16-27/h7-12,17H,3-6,13-16H2,1-2H3,(H,25,28)(H,26,29). The fraction of sp³-hybridized carbons (Fsp3) is 0.417. The van der Waals surface area contributed by atoms with Gasteiger partial charge in [-0.05, 0) is 68.0 Å². The Labute approximate surface area is 173 Å². The van der Waals surface area contributed by atoms with E-state index in [0.717, 1.165) is 29.8 Å². The van der Waals surface area contributed by atoms with Crippen molar-refractivity contribution in [2.45, 2.75) is 46.0 Å². The van der Waals surface area contributed by atoms with Crippen molar-refractivity contribution >= 4 is 23.2 Å². The molecule has 5 nitrogen and oxygen atoms in total. The summed E-state index contributed by atoms with van der Waals surface area (Å²) in [5, 5.41) is 5.40. The molecule has 154 valence electrons. The van der Waals surface area contributed by atoms with Crippen molar-refractivity contribution in [3.05, 3.63) is 59.2 Å². The smallest absolute Gasteiger partial charge is 0.313 e. The van der Waals surface area contributed by atoms with Gasteiger partial charge in [-0.3, -0.25) is 9.59 Å². The highest BCUT2D eigenvalue weighted by atomic mass is 16.2. The molecule has 3 rings (SSSR count). The van der Waals surface area contributed by atoms with Crippen molar-refractivity contribution in [1.82, 2.24) is 5.32 Å². The van der Waals surface area contributed by atoms with Crippen LogP contribution in [-0.4, -0.2) is 31.4 Å². The van der Waals surface area contributed by atoms with E-state index in [9.17, 15) is 9.59 Å². The average Bonchev–Trinajstić information content (AvgIpc) is 3.00. The zero-order valence-corrected chi connectivity index (χ0v) is 17.5. The molecule has 1 saturated heterocycles. The highest BCUT2D eigenvalue weighted by molar-refractivity contribution is 6.39. The van der Waals surface area contributed by atoms with Crippen molar-refractivity contribution < 1.29 is 9.59 Å². The Balaban J connectivity index is 1.45. The lowest BCUT2D eigenvalue weighted by molar-refractivity contribution is -0.136. The molecule has 2 amide bonds. The van der Waals surface area contributed by atoms with Gasteiger partial charge in [0.25, 0.3) is 0 Å². The fourth-order valence-corrected chi connectivity index (χ4v) is 3.65. The number of hydrogen-bond donors (Lipinski definition) is 2. The van der Waals surface area contributed by atoms with E-state index < -0.39 is 11.8 Å². The Morgan fingerprint density at radius 1 is 0.897 bits per heavy atom. The molecule has 2 N–H and O–H groups in total. The quantitative estimate of drug-likeness (QED) is 0.756. The SMILES string of the molecule is Cc1ccc(C)c(NC(=O)C(=O)NCCc2ccc(N3CCCCCC3)cc2)c1. The predicted molar refractivity (Wildman–Crippen MR) is 118 cm³/mol. The van der Waals surface area contributed by atoms with Gasteiger partial charge in [0, 0.05) is 31.0 Å². The van der Waals surface area contributed by atoms with Gasteiger partial charge in [-0.2, -0.15) is 0 Å². The molecule has 0 saturated carbocycles. The van der Waals surface area contributed by atoms with Gasteiger partial charge in [0.05, 0.1) is 0 Å². The monoisotopic (exact) mass is 393 g/mol. The Bertz CT molecular complexity index is 838. The van der Waals surface area contributed by atoms with Gasteiger partial charge in [-0.1, -0.05) is 37.1 Å². The van der Waals surface area contributed by atoms with Crippen LogP contribution in [0.4, 0.5) is 11.4 Å². The lowest BCUT2D eigenvalue weighted by atomic mass is 10.1. The Morgan fingerprint density at radius 2 is 1.59 bits per heavy atom. The number of rotatable bonds is 5. The number of anilines is 2. The summed E-state index contributed by atoms with van der Waals surface area (Å²) in [5.74, 6) is -1.23. The number of benzene rings is 2. The lowest BCUT2D eigenvalue weighted by Gasteiger charge is -2.22. The zero-order chi connectivity index (χ0) is 20.6. The molecular weight excluding hydrogens is 362 g/mol. The molecular formula is C24H31N3O2. The van der Waals surface area contributed by atoms with Crippen LogP contribution in [0.1, 0.15) is 42.4 Å². The Morgan fingerprint density at radius 3 is 2.28 bits per heavy atom. The maximum absolute atomic E-state index is 12.1. The van der Waals surface area contributed by atoms with Gasteiger partial charge in [0.2, 0.25) is 0 Å². The number of nitrogens with zero attached hydrogens (tertiary/aromatic N) is 1. The van der Waals surface area contributed by atoms with Crippen LogP contribution >= 0.6 is 0 Å². The van der Waals surface area contributed by atoms with Crippen molar-refractivity contribution in [3.8, 4) is 0 Å². The minimum atomic E-state index is -0.629. The summed E-state index contributed by atoms with van der Waals surface area (Å²) < 4.78 is 0. The summed E-state index contributed by atoms with van der Waals surface area (Å²) >= 11 is 0. The molecule has 1 heterocycles. The summed E-state index contributed by atoms with van der Waals surface area (Å²) in [6, 6.07) is 14.3. The van der Waals surface area contributed by atoms with Crippen LogP contribution in [0.3, 0.4) is 0 Å². The maximum atomic E-state index is 12.1. The first-order valence-corrected chi connectivity index (χ1v) is 10.5. The Hall–Kier alpha value is -2.82. The van der Waals surface area contributed by atoms with E-state index in [2.05, 4.69) is 39.8 Å². The zero-order valence-electron chi connectivity index (χ0n) is 17.5. The molecule has 1 aliphatic heterocycles. The molecule has 0 aromatic heterocycles. The molecule has 0 bridgehead atoms. The topological polar surface area (TPSA) is 61.4 Å². The molecule has 5 heteroatoms. The number of amides is 2. The van der Waals surface area contributed by atoms with Crippen LogP contribution in [0, 0.1) is 13.8 Å². The second kappa shape index (κ2) is 10.1. The van der Waals surface area contributed by atoms with Crippen LogP contribution in [0.5, 0.6) is 0 Å². The molecule has 0 aliphatic carbocycles. The maximum Gasteiger partial charge on any atom is 0.313 e. The van der Waals surface area contributed by atoms with Crippen LogP contribution in [0.25, 0.3) is 0 Å². The molecule has 1 fully saturated rings. The summed E-state index contributed by atoms with van der Waals surface area (Å²) in [6.07, 6.45) is 5.87. The molecule has 1 aliphatic rings. The van der Waals surface area contributed by atoms with Gasteiger partial charge < -0.3 is 15.5 Å².